The van der Waals surface area contributed by atoms with E-state index in [1.54, 1.807) is 18.2 Å². The molecule has 1 fully saturated rings. The number of piperidine rings is 1. The number of carbonyl (C=O) groups excluding carboxylic acids is 2. The number of thiophene rings is 1. The van der Waals surface area contributed by atoms with Gasteiger partial charge in [-0.15, -0.1) is 22.7 Å². The lowest BCUT2D eigenvalue weighted by atomic mass is 10.0. The van der Waals surface area contributed by atoms with Crippen LogP contribution in [0.4, 0.5) is 5.13 Å². The average molecular weight is 455 g/mol. The average Bonchev–Trinajstić information content (AvgIpc) is 3.45. The molecule has 1 aliphatic rings. The molecule has 8 heteroatoms. The molecule has 0 radical (unpaired) electrons. The molecule has 0 saturated carbocycles. The van der Waals surface area contributed by atoms with Gasteiger partial charge in [0.25, 0.3) is 11.8 Å². The van der Waals surface area contributed by atoms with Gasteiger partial charge in [0.05, 0.1) is 10.6 Å². The summed E-state index contributed by atoms with van der Waals surface area (Å²) in [6.07, 6.45) is 2.54. The predicted octanol–water partition coefficient (Wildman–Crippen LogP) is 4.62. The summed E-state index contributed by atoms with van der Waals surface area (Å²) in [5.41, 5.74) is 2.51. The molecule has 0 aliphatic carbocycles. The molecular formula is C23H26N4O2S2. The Bertz CT molecular complexity index is 1010. The Kier molecular flexibility index (Phi) is 7.11. The Labute approximate surface area is 190 Å². The number of amides is 2. The van der Waals surface area contributed by atoms with Crippen LogP contribution in [0.1, 0.15) is 51.1 Å². The van der Waals surface area contributed by atoms with Crippen molar-refractivity contribution in [1.29, 1.82) is 0 Å². The van der Waals surface area contributed by atoms with E-state index >= 15 is 0 Å². The molecule has 6 nitrogen and oxygen atoms in total. The Morgan fingerprint density at radius 1 is 1.16 bits per heavy atom. The summed E-state index contributed by atoms with van der Waals surface area (Å²) in [6, 6.07) is 10.9. The summed E-state index contributed by atoms with van der Waals surface area (Å²) < 4.78 is 0. The second kappa shape index (κ2) is 10.2. The van der Waals surface area contributed by atoms with E-state index in [9.17, 15) is 9.59 Å². The van der Waals surface area contributed by atoms with E-state index < -0.39 is 0 Å². The highest BCUT2D eigenvalue weighted by atomic mass is 32.1. The molecule has 0 spiro atoms. The van der Waals surface area contributed by atoms with E-state index in [0.717, 1.165) is 36.8 Å². The van der Waals surface area contributed by atoms with E-state index in [4.69, 9.17) is 0 Å². The first-order valence-electron chi connectivity index (χ1n) is 10.5. The number of nitrogens with zero attached hydrogens (tertiary/aromatic N) is 2. The minimum atomic E-state index is -0.179. The molecule has 4 rings (SSSR count). The summed E-state index contributed by atoms with van der Waals surface area (Å²) in [7, 11) is 0. The number of rotatable bonds is 7. The number of benzene rings is 1. The van der Waals surface area contributed by atoms with E-state index in [2.05, 4.69) is 27.4 Å². The molecule has 2 N–H and O–H groups in total. The molecule has 1 saturated heterocycles. The fourth-order valence-electron chi connectivity index (χ4n) is 3.72. The Balaban J connectivity index is 1.27. The number of carbonyl (C=O) groups is 2. The van der Waals surface area contributed by atoms with Crippen LogP contribution >= 0.6 is 22.7 Å². The third-order valence-electron chi connectivity index (χ3n) is 5.31. The lowest BCUT2D eigenvalue weighted by molar-refractivity contribution is 0.0953. The van der Waals surface area contributed by atoms with Crippen molar-refractivity contribution in [2.75, 3.05) is 18.4 Å². The van der Waals surface area contributed by atoms with Gasteiger partial charge in [-0.2, -0.15) is 0 Å². The molecule has 1 atom stereocenters. The molecule has 3 heterocycles. The Morgan fingerprint density at radius 3 is 2.74 bits per heavy atom. The van der Waals surface area contributed by atoms with Gasteiger partial charge in [-0.1, -0.05) is 25.1 Å². The number of nitrogens with one attached hydrogen (secondary N) is 2. The highest BCUT2D eigenvalue weighted by molar-refractivity contribution is 7.14. The minimum Gasteiger partial charge on any atom is -0.347 e. The number of aromatic nitrogens is 1. The highest BCUT2D eigenvalue weighted by Crippen LogP contribution is 2.21. The monoisotopic (exact) mass is 454 g/mol. The fraction of sp³-hybridized carbons (Fsp3) is 0.348. The summed E-state index contributed by atoms with van der Waals surface area (Å²) in [4.78, 5) is 32.3. The highest BCUT2D eigenvalue weighted by Gasteiger charge is 2.18. The second-order valence-corrected chi connectivity index (χ2v) is 9.74. The number of hydrogen-bond acceptors (Lipinski definition) is 6. The molecule has 2 aromatic heterocycles. The predicted molar refractivity (Wildman–Crippen MR) is 126 cm³/mol. The molecule has 1 aromatic carbocycles. The lowest BCUT2D eigenvalue weighted by Crippen LogP contribution is -2.33. The zero-order chi connectivity index (χ0) is 21.6. The van der Waals surface area contributed by atoms with Crippen molar-refractivity contribution in [2.45, 2.75) is 32.9 Å². The van der Waals surface area contributed by atoms with Crippen LogP contribution in [0, 0.1) is 5.92 Å². The van der Waals surface area contributed by atoms with Gasteiger partial charge in [-0.05, 0) is 54.4 Å². The van der Waals surface area contributed by atoms with Crippen molar-refractivity contribution in [3.8, 4) is 0 Å². The van der Waals surface area contributed by atoms with Crippen molar-refractivity contribution in [3.05, 3.63) is 68.9 Å². The van der Waals surface area contributed by atoms with Gasteiger partial charge in [-0.3, -0.25) is 19.8 Å². The summed E-state index contributed by atoms with van der Waals surface area (Å²) in [6.45, 7) is 5.77. The fourth-order valence-corrected chi connectivity index (χ4v) is 5.05. The second-order valence-electron chi connectivity index (χ2n) is 7.94. The number of hydrogen-bond donors (Lipinski definition) is 2. The Morgan fingerprint density at radius 2 is 2.00 bits per heavy atom. The van der Waals surface area contributed by atoms with E-state index in [1.165, 1.54) is 35.5 Å². The summed E-state index contributed by atoms with van der Waals surface area (Å²) in [5.74, 6) is 0.468. The maximum Gasteiger partial charge on any atom is 0.261 e. The zero-order valence-corrected chi connectivity index (χ0v) is 19.1. The van der Waals surface area contributed by atoms with E-state index in [-0.39, 0.29) is 11.8 Å². The van der Waals surface area contributed by atoms with Crippen LogP contribution in [-0.4, -0.2) is 34.8 Å². The van der Waals surface area contributed by atoms with Crippen LogP contribution in [0.5, 0.6) is 0 Å². The van der Waals surface area contributed by atoms with Crippen molar-refractivity contribution >= 4 is 39.6 Å². The maximum atomic E-state index is 12.6. The summed E-state index contributed by atoms with van der Waals surface area (Å²) >= 11 is 2.87. The first-order chi connectivity index (χ1) is 15.1. The lowest BCUT2D eigenvalue weighted by Gasteiger charge is -2.30. The van der Waals surface area contributed by atoms with E-state index in [0.29, 0.717) is 22.1 Å². The van der Waals surface area contributed by atoms with Crippen molar-refractivity contribution < 1.29 is 9.59 Å². The van der Waals surface area contributed by atoms with Gasteiger partial charge in [0.1, 0.15) is 0 Å². The van der Waals surface area contributed by atoms with Gasteiger partial charge in [-0.25, -0.2) is 4.98 Å². The standard InChI is InChI=1S/C23H26N4O2S2/c1-16-4-2-10-27(13-16)14-19-15-31-23(25-19)26-21(28)18-8-6-17(7-9-18)12-24-22(29)20-5-3-11-30-20/h3,5-9,11,15-16H,2,4,10,12-14H2,1H3,(H,24,29)(H,25,26,28). The molecule has 3 aromatic rings. The third kappa shape index (κ3) is 6.00. The number of likely N-dealkylation sites (tertiary alicyclic amines) is 1. The SMILES string of the molecule is CC1CCCN(Cc2csc(NC(=O)c3ccc(CNC(=O)c4cccs4)cc3)n2)C1. The molecular weight excluding hydrogens is 428 g/mol. The van der Waals surface area contributed by atoms with Gasteiger partial charge in [0, 0.05) is 30.6 Å². The van der Waals surface area contributed by atoms with Crippen LogP contribution in [-0.2, 0) is 13.1 Å². The normalized spacial score (nSPS) is 16.7. The van der Waals surface area contributed by atoms with Crippen molar-refractivity contribution in [1.82, 2.24) is 15.2 Å². The number of anilines is 1. The van der Waals surface area contributed by atoms with Crippen LogP contribution < -0.4 is 10.6 Å². The summed E-state index contributed by atoms with van der Waals surface area (Å²) in [5, 5.41) is 10.3. The minimum absolute atomic E-state index is 0.0876. The zero-order valence-electron chi connectivity index (χ0n) is 17.5. The van der Waals surface area contributed by atoms with Crippen LogP contribution in [0.3, 0.4) is 0 Å². The van der Waals surface area contributed by atoms with Crippen LogP contribution in [0.15, 0.2) is 47.2 Å². The third-order valence-corrected chi connectivity index (χ3v) is 6.99. The molecule has 2 amide bonds. The van der Waals surface area contributed by atoms with Crippen molar-refractivity contribution in [3.63, 3.8) is 0 Å². The molecule has 1 unspecified atom stereocenters. The van der Waals surface area contributed by atoms with Crippen LogP contribution in [0.2, 0.25) is 0 Å². The van der Waals surface area contributed by atoms with E-state index in [1.807, 2.05) is 29.0 Å². The molecule has 31 heavy (non-hydrogen) atoms. The molecule has 0 bridgehead atoms. The topological polar surface area (TPSA) is 74.3 Å². The molecule has 1 aliphatic heterocycles. The number of thiazole rings is 1. The first kappa shape index (κ1) is 21.7. The van der Waals surface area contributed by atoms with Gasteiger partial charge in [0.2, 0.25) is 0 Å². The first-order valence-corrected chi connectivity index (χ1v) is 12.2. The van der Waals surface area contributed by atoms with Crippen LogP contribution in [0.25, 0.3) is 0 Å². The largest absolute Gasteiger partial charge is 0.347 e. The maximum absolute atomic E-state index is 12.6. The van der Waals surface area contributed by atoms with Gasteiger partial charge in [0.15, 0.2) is 5.13 Å². The van der Waals surface area contributed by atoms with Crippen molar-refractivity contribution in [2.24, 2.45) is 5.92 Å². The van der Waals surface area contributed by atoms with Gasteiger partial charge < -0.3 is 5.32 Å². The smallest absolute Gasteiger partial charge is 0.261 e. The van der Waals surface area contributed by atoms with Gasteiger partial charge >= 0.3 is 0 Å². The quantitative estimate of drug-likeness (QED) is 0.546. The Hall–Kier alpha value is -2.55. The molecule has 162 valence electrons.